The zero-order valence-electron chi connectivity index (χ0n) is 7.75. The Hall–Kier alpha value is -1.24. The number of nitrogen functional groups attached to an aromatic ring is 1. The maximum absolute atomic E-state index is 10.8. The van der Waals surface area contributed by atoms with Crippen LogP contribution in [0.1, 0.15) is 19.8 Å². The van der Waals surface area contributed by atoms with Gasteiger partial charge in [0.15, 0.2) is 0 Å². The minimum Gasteiger partial charge on any atom is -0.480 e. The van der Waals surface area contributed by atoms with Crippen LogP contribution in [0.4, 0.5) is 0 Å². The summed E-state index contributed by atoms with van der Waals surface area (Å²) in [5, 5.41) is 16.1. The molecule has 3 N–H and O–H groups in total. The van der Waals surface area contributed by atoms with Crippen LogP contribution < -0.4 is 5.84 Å². The van der Waals surface area contributed by atoms with E-state index in [0.29, 0.717) is 11.6 Å². The Morgan fingerprint density at radius 1 is 1.86 bits per heavy atom. The fraction of sp³-hybridized carbons (Fsp3) is 0.571. The molecule has 0 fully saturated rings. The molecule has 0 aromatic carbocycles. The van der Waals surface area contributed by atoms with Crippen molar-refractivity contribution in [2.45, 2.75) is 30.2 Å². The van der Waals surface area contributed by atoms with Crippen molar-refractivity contribution in [3.63, 3.8) is 0 Å². The van der Waals surface area contributed by atoms with Crippen LogP contribution in [0.25, 0.3) is 0 Å². The molecule has 0 saturated heterocycles. The summed E-state index contributed by atoms with van der Waals surface area (Å²) in [6, 6.07) is 0. The molecule has 1 aromatic heterocycles. The number of aromatic nitrogens is 3. The smallest absolute Gasteiger partial charge is 0.317 e. The molecule has 7 heteroatoms. The molecule has 0 aliphatic heterocycles. The molecule has 1 atom stereocenters. The van der Waals surface area contributed by atoms with Crippen LogP contribution >= 0.6 is 11.8 Å². The highest BCUT2D eigenvalue weighted by molar-refractivity contribution is 8.00. The summed E-state index contributed by atoms with van der Waals surface area (Å²) < 4.78 is 1.22. The van der Waals surface area contributed by atoms with Gasteiger partial charge in [-0.1, -0.05) is 25.1 Å². The Bertz CT molecular complexity index is 314. The number of hydrogen-bond acceptors (Lipinski definition) is 5. The van der Waals surface area contributed by atoms with Crippen molar-refractivity contribution in [2.24, 2.45) is 0 Å². The number of rotatable bonds is 5. The van der Waals surface area contributed by atoms with E-state index in [0.717, 1.165) is 18.2 Å². The van der Waals surface area contributed by atoms with Crippen molar-refractivity contribution in [2.75, 3.05) is 5.84 Å². The molecule has 1 rings (SSSR count). The number of hydrogen-bond donors (Lipinski definition) is 2. The zero-order chi connectivity index (χ0) is 10.6. The maximum atomic E-state index is 10.8. The van der Waals surface area contributed by atoms with E-state index in [4.69, 9.17) is 10.9 Å². The summed E-state index contributed by atoms with van der Waals surface area (Å²) in [5.41, 5.74) is 0. The molecule has 1 unspecified atom stereocenters. The molecule has 0 spiro atoms. The highest BCUT2D eigenvalue weighted by Gasteiger charge is 2.20. The SMILES string of the molecule is CCCC(Sc1nncn1N)C(=O)O. The molecular weight excluding hydrogens is 204 g/mol. The minimum absolute atomic E-state index is 0.422. The van der Waals surface area contributed by atoms with Crippen molar-refractivity contribution >= 4 is 17.7 Å². The van der Waals surface area contributed by atoms with Gasteiger partial charge in [-0.3, -0.25) is 4.79 Å². The molecule has 0 amide bonds. The maximum Gasteiger partial charge on any atom is 0.317 e. The van der Waals surface area contributed by atoms with Gasteiger partial charge in [0.2, 0.25) is 5.16 Å². The Morgan fingerprint density at radius 2 is 2.57 bits per heavy atom. The lowest BCUT2D eigenvalue weighted by Gasteiger charge is -2.08. The zero-order valence-corrected chi connectivity index (χ0v) is 8.57. The lowest BCUT2D eigenvalue weighted by atomic mass is 10.2. The number of thioether (sulfide) groups is 1. The summed E-state index contributed by atoms with van der Waals surface area (Å²) in [6.45, 7) is 1.93. The van der Waals surface area contributed by atoms with E-state index in [1.54, 1.807) is 0 Å². The van der Waals surface area contributed by atoms with Crippen LogP contribution in [0.5, 0.6) is 0 Å². The van der Waals surface area contributed by atoms with Gasteiger partial charge in [0.05, 0.1) is 0 Å². The second-order valence-corrected chi connectivity index (χ2v) is 3.92. The topological polar surface area (TPSA) is 94.0 Å². The van der Waals surface area contributed by atoms with Crippen LogP contribution in [0.2, 0.25) is 0 Å². The summed E-state index contributed by atoms with van der Waals surface area (Å²) >= 11 is 1.12. The summed E-state index contributed by atoms with van der Waals surface area (Å²) in [6.07, 6.45) is 2.74. The summed E-state index contributed by atoms with van der Waals surface area (Å²) in [5.74, 6) is 4.62. The number of carbonyl (C=O) groups is 1. The van der Waals surface area contributed by atoms with Gasteiger partial charge in [0, 0.05) is 0 Å². The van der Waals surface area contributed by atoms with Crippen molar-refractivity contribution in [1.82, 2.24) is 14.9 Å². The highest BCUT2D eigenvalue weighted by atomic mass is 32.2. The third-order valence-electron chi connectivity index (χ3n) is 1.61. The van der Waals surface area contributed by atoms with Gasteiger partial charge in [-0.15, -0.1) is 10.2 Å². The molecule has 78 valence electrons. The van der Waals surface area contributed by atoms with E-state index in [-0.39, 0.29) is 0 Å². The minimum atomic E-state index is -0.847. The quantitative estimate of drug-likeness (QED) is 0.544. The van der Waals surface area contributed by atoms with E-state index in [1.165, 1.54) is 11.0 Å². The fourth-order valence-electron chi connectivity index (χ4n) is 0.939. The van der Waals surface area contributed by atoms with Crippen LogP contribution in [0, 0.1) is 0 Å². The Labute approximate surface area is 85.5 Å². The fourth-order valence-corrected chi connectivity index (χ4v) is 1.91. The predicted molar refractivity (Wildman–Crippen MR) is 52.4 cm³/mol. The number of carboxylic acid groups (broad SMARTS) is 1. The van der Waals surface area contributed by atoms with Crippen molar-refractivity contribution in [1.29, 1.82) is 0 Å². The predicted octanol–water partition coefficient (Wildman–Crippen LogP) is 0.337. The van der Waals surface area contributed by atoms with Crippen LogP contribution in [0.15, 0.2) is 11.5 Å². The second kappa shape index (κ2) is 4.85. The average molecular weight is 216 g/mol. The molecule has 0 aliphatic rings. The lowest BCUT2D eigenvalue weighted by molar-refractivity contribution is -0.136. The Kier molecular flexibility index (Phi) is 3.75. The van der Waals surface area contributed by atoms with Gasteiger partial charge in [0.25, 0.3) is 0 Å². The summed E-state index contributed by atoms with van der Waals surface area (Å²) in [7, 11) is 0. The van der Waals surface area contributed by atoms with Gasteiger partial charge in [-0.2, -0.15) is 0 Å². The summed E-state index contributed by atoms with van der Waals surface area (Å²) in [4.78, 5) is 10.8. The lowest BCUT2D eigenvalue weighted by Crippen LogP contribution is -2.18. The van der Waals surface area contributed by atoms with Gasteiger partial charge >= 0.3 is 5.97 Å². The first-order chi connectivity index (χ1) is 6.65. The highest BCUT2D eigenvalue weighted by Crippen LogP contribution is 2.23. The largest absolute Gasteiger partial charge is 0.480 e. The third kappa shape index (κ3) is 2.63. The van der Waals surface area contributed by atoms with Gasteiger partial charge in [0.1, 0.15) is 11.6 Å². The van der Waals surface area contributed by atoms with Crippen molar-refractivity contribution in [3.8, 4) is 0 Å². The molecule has 0 radical (unpaired) electrons. The van der Waals surface area contributed by atoms with E-state index < -0.39 is 11.2 Å². The Balaban J connectivity index is 2.64. The molecular formula is C7H12N4O2S. The molecule has 1 aromatic rings. The van der Waals surface area contributed by atoms with Crippen molar-refractivity contribution < 1.29 is 9.90 Å². The molecule has 0 saturated carbocycles. The standard InChI is InChI=1S/C7H12N4O2S/c1-2-3-5(6(12)13)14-7-10-9-4-11(7)8/h4-5H,2-3,8H2,1H3,(H,12,13). The van der Waals surface area contributed by atoms with E-state index in [9.17, 15) is 4.79 Å². The van der Waals surface area contributed by atoms with E-state index >= 15 is 0 Å². The van der Waals surface area contributed by atoms with Gasteiger partial charge in [-0.05, 0) is 6.42 Å². The van der Waals surface area contributed by atoms with Gasteiger partial charge < -0.3 is 10.9 Å². The molecule has 6 nitrogen and oxygen atoms in total. The van der Waals surface area contributed by atoms with E-state index in [1.807, 2.05) is 6.92 Å². The number of carboxylic acids is 1. The number of aliphatic carboxylic acids is 1. The third-order valence-corrected chi connectivity index (χ3v) is 2.84. The van der Waals surface area contributed by atoms with Crippen LogP contribution in [-0.4, -0.2) is 31.2 Å². The second-order valence-electron chi connectivity index (χ2n) is 2.75. The van der Waals surface area contributed by atoms with Crippen molar-refractivity contribution in [3.05, 3.63) is 6.33 Å². The first kappa shape index (κ1) is 10.8. The first-order valence-corrected chi connectivity index (χ1v) is 5.07. The van der Waals surface area contributed by atoms with E-state index in [2.05, 4.69) is 10.2 Å². The first-order valence-electron chi connectivity index (χ1n) is 4.19. The molecule has 0 aliphatic carbocycles. The monoisotopic (exact) mass is 216 g/mol. The van der Waals surface area contributed by atoms with Crippen LogP contribution in [0.3, 0.4) is 0 Å². The van der Waals surface area contributed by atoms with Crippen LogP contribution in [-0.2, 0) is 4.79 Å². The average Bonchev–Trinajstić information content (AvgIpc) is 2.51. The normalized spacial score (nSPS) is 12.6. The Morgan fingerprint density at radius 3 is 3.00 bits per heavy atom. The number of nitrogens with zero attached hydrogens (tertiary/aromatic N) is 3. The molecule has 0 bridgehead atoms. The molecule has 1 heterocycles. The number of nitrogens with two attached hydrogens (primary N) is 1. The van der Waals surface area contributed by atoms with Gasteiger partial charge in [-0.25, -0.2) is 4.68 Å². The molecule has 14 heavy (non-hydrogen) atoms.